The van der Waals surface area contributed by atoms with Crippen molar-refractivity contribution in [3.8, 4) is 11.1 Å². The maximum absolute atomic E-state index is 8.72. The zero-order valence-electron chi connectivity index (χ0n) is 30.5. The number of hydrogen-bond acceptors (Lipinski definition) is 0. The minimum atomic E-state index is 0.0169. The molecule has 1 N–H and O–H groups in total. The van der Waals surface area contributed by atoms with Crippen molar-refractivity contribution in [2.24, 2.45) is 5.41 Å². The normalized spacial score (nSPS) is 16.5. The van der Waals surface area contributed by atoms with E-state index in [0.29, 0.717) is 17.8 Å². The highest BCUT2D eigenvalue weighted by molar-refractivity contribution is 6.14. The quantitative estimate of drug-likeness (QED) is 0.181. The van der Waals surface area contributed by atoms with E-state index in [1.165, 1.54) is 77.5 Å². The fourth-order valence-corrected chi connectivity index (χ4v) is 9.14. The molecule has 2 bridgehead atoms. The predicted molar refractivity (Wildman–Crippen MR) is 208 cm³/mol. The van der Waals surface area contributed by atoms with Gasteiger partial charge in [0.05, 0.1) is 6.57 Å². The monoisotopic (exact) mass is 640 g/mol. The summed E-state index contributed by atoms with van der Waals surface area (Å²) in [7, 11) is 0. The molecule has 0 amide bonds. The Morgan fingerprint density at radius 2 is 1.22 bits per heavy atom. The average Bonchev–Trinajstić information content (AvgIpc) is 3.46. The molecule has 0 radical (unpaired) electrons. The molecule has 246 valence electrons. The van der Waals surface area contributed by atoms with Crippen LogP contribution in [0, 0.1) is 12.0 Å². The molecule has 3 aliphatic carbocycles. The highest BCUT2D eigenvalue weighted by atomic mass is 14.8. The molecule has 3 aliphatic rings. The molecule has 2 nitrogen and oxygen atoms in total. The van der Waals surface area contributed by atoms with Gasteiger partial charge in [0.1, 0.15) is 0 Å². The van der Waals surface area contributed by atoms with E-state index in [0.717, 1.165) is 23.1 Å². The Hall–Kier alpha value is -4.61. The number of hydrogen-bond donors (Lipinski definition) is 1. The van der Waals surface area contributed by atoms with Crippen molar-refractivity contribution in [2.45, 2.75) is 98.3 Å². The standard InChI is InChI=1S/C47H48N2/c1-25(2)29-22-34(26(3)4)39(35(23-29)27(5)6)28-19-20-38-36(21-28)42-43-40-30-15-11-13-17-32(30)41(33-18-14-12-16-31(33)40)44(43)45(48-10)37(46(42)49-38)24-47(7,8)9/h11-23,25-27,40-41,49H,24H2,1-9H3. The van der Waals surface area contributed by atoms with Crippen molar-refractivity contribution < 1.29 is 0 Å². The SMILES string of the molecule is [C-]#[N+]c1c2c(c3c([nH]c4ccc(-c5c(C(C)C)cc(C(C)C)cc5C(C)C)cc43)c1CC(C)(C)C)C1c3ccccc3C2c2ccccc21. The first-order valence-corrected chi connectivity index (χ1v) is 18.3. The van der Waals surface area contributed by atoms with Gasteiger partial charge in [-0.1, -0.05) is 129 Å². The molecule has 0 saturated heterocycles. The van der Waals surface area contributed by atoms with Crippen LogP contribution in [0.2, 0.25) is 0 Å². The van der Waals surface area contributed by atoms with Gasteiger partial charge in [0, 0.05) is 33.6 Å². The van der Waals surface area contributed by atoms with Crippen molar-refractivity contribution in [3.63, 3.8) is 0 Å². The molecular weight excluding hydrogens is 593 g/mol. The van der Waals surface area contributed by atoms with Gasteiger partial charge in [0.2, 0.25) is 0 Å². The van der Waals surface area contributed by atoms with Crippen LogP contribution in [0.4, 0.5) is 5.69 Å². The zero-order chi connectivity index (χ0) is 34.5. The molecule has 0 aliphatic heterocycles. The van der Waals surface area contributed by atoms with E-state index in [9.17, 15) is 0 Å². The highest BCUT2D eigenvalue weighted by Crippen LogP contribution is 2.61. The Kier molecular flexibility index (Phi) is 7.24. The third kappa shape index (κ3) is 4.73. The summed E-state index contributed by atoms with van der Waals surface area (Å²) in [4.78, 5) is 8.37. The van der Waals surface area contributed by atoms with Crippen molar-refractivity contribution in [3.05, 3.63) is 146 Å². The van der Waals surface area contributed by atoms with Gasteiger partial charge >= 0.3 is 0 Å². The second-order valence-corrected chi connectivity index (χ2v) is 16.8. The molecule has 0 fully saturated rings. The van der Waals surface area contributed by atoms with Gasteiger partial charge in [0.15, 0.2) is 5.69 Å². The van der Waals surface area contributed by atoms with E-state index in [2.05, 4.69) is 151 Å². The van der Waals surface area contributed by atoms with Crippen molar-refractivity contribution in [1.29, 1.82) is 0 Å². The van der Waals surface area contributed by atoms with Gasteiger partial charge in [-0.2, -0.15) is 0 Å². The van der Waals surface area contributed by atoms with Crippen LogP contribution in [0.3, 0.4) is 0 Å². The van der Waals surface area contributed by atoms with Crippen molar-refractivity contribution in [1.82, 2.24) is 4.98 Å². The lowest BCUT2D eigenvalue weighted by Gasteiger charge is -2.44. The fourth-order valence-electron chi connectivity index (χ4n) is 9.14. The molecule has 0 saturated carbocycles. The Morgan fingerprint density at radius 1 is 0.694 bits per heavy atom. The third-order valence-electron chi connectivity index (χ3n) is 11.3. The van der Waals surface area contributed by atoms with Crippen molar-refractivity contribution >= 4 is 27.5 Å². The molecule has 5 aromatic carbocycles. The molecule has 2 heteroatoms. The lowest BCUT2D eigenvalue weighted by atomic mass is 9.59. The summed E-state index contributed by atoms with van der Waals surface area (Å²) in [5.74, 6) is 1.42. The number of aromatic nitrogens is 1. The second-order valence-electron chi connectivity index (χ2n) is 16.8. The maximum atomic E-state index is 8.72. The summed E-state index contributed by atoms with van der Waals surface area (Å²) < 4.78 is 0. The molecular formula is C47H48N2. The van der Waals surface area contributed by atoms with Crippen LogP contribution < -0.4 is 0 Å². The molecule has 0 atom stereocenters. The molecule has 49 heavy (non-hydrogen) atoms. The van der Waals surface area contributed by atoms with Gasteiger partial charge in [-0.05, 0) is 108 Å². The van der Waals surface area contributed by atoms with Crippen LogP contribution in [-0.4, -0.2) is 4.98 Å². The minimum absolute atomic E-state index is 0.0169. The number of aromatic amines is 1. The van der Waals surface area contributed by atoms with Crippen LogP contribution in [0.15, 0.2) is 78.9 Å². The number of nitrogens with one attached hydrogen (secondary N) is 1. The summed E-state index contributed by atoms with van der Waals surface area (Å²) in [5, 5.41) is 2.59. The largest absolute Gasteiger partial charge is 0.355 e. The Balaban J connectivity index is 1.52. The van der Waals surface area contributed by atoms with Gasteiger partial charge in [-0.3, -0.25) is 0 Å². The summed E-state index contributed by atoms with van der Waals surface area (Å²) >= 11 is 0. The first-order valence-electron chi connectivity index (χ1n) is 18.3. The summed E-state index contributed by atoms with van der Waals surface area (Å²) in [6.07, 6.45) is 0.834. The van der Waals surface area contributed by atoms with Gasteiger partial charge in [0.25, 0.3) is 0 Å². The number of rotatable bonds is 5. The fraction of sp³-hybridized carbons (Fsp3) is 0.340. The Labute approximate surface area is 292 Å². The summed E-state index contributed by atoms with van der Waals surface area (Å²) in [6, 6.07) is 30.1. The lowest BCUT2D eigenvalue weighted by molar-refractivity contribution is 0.413. The Bertz CT molecular complexity index is 2270. The van der Waals surface area contributed by atoms with Gasteiger partial charge in [-0.15, -0.1) is 0 Å². The predicted octanol–water partition coefficient (Wildman–Crippen LogP) is 13.5. The first kappa shape index (κ1) is 31.6. The smallest absolute Gasteiger partial charge is 0.196 e. The third-order valence-corrected chi connectivity index (χ3v) is 11.3. The van der Waals surface area contributed by atoms with Crippen molar-refractivity contribution in [2.75, 3.05) is 0 Å². The molecule has 1 aromatic heterocycles. The molecule has 9 rings (SSSR count). The minimum Gasteiger partial charge on any atom is -0.355 e. The van der Waals surface area contributed by atoms with E-state index >= 15 is 0 Å². The average molecular weight is 641 g/mol. The molecule has 6 aromatic rings. The topological polar surface area (TPSA) is 20.1 Å². The zero-order valence-corrected chi connectivity index (χ0v) is 30.5. The summed E-state index contributed by atoms with van der Waals surface area (Å²) in [5.41, 5.74) is 19.4. The number of benzene rings is 5. The highest BCUT2D eigenvalue weighted by Gasteiger charge is 2.45. The van der Waals surface area contributed by atoms with Crippen LogP contribution in [0.25, 0.3) is 37.8 Å². The number of fused-ring (bicyclic) bond motifs is 3. The number of H-pyrrole nitrogens is 1. The Morgan fingerprint density at radius 3 is 1.69 bits per heavy atom. The van der Waals surface area contributed by atoms with E-state index in [4.69, 9.17) is 6.57 Å². The van der Waals surface area contributed by atoms with Crippen LogP contribution in [-0.2, 0) is 6.42 Å². The van der Waals surface area contributed by atoms with E-state index in [1.54, 1.807) is 0 Å². The van der Waals surface area contributed by atoms with Gasteiger partial charge in [-0.25, -0.2) is 4.85 Å². The first-order chi connectivity index (χ1) is 23.4. The van der Waals surface area contributed by atoms with Crippen LogP contribution in [0.5, 0.6) is 0 Å². The maximum Gasteiger partial charge on any atom is 0.196 e. The molecule has 1 heterocycles. The van der Waals surface area contributed by atoms with Gasteiger partial charge < -0.3 is 4.98 Å². The second kappa shape index (κ2) is 11.2. The van der Waals surface area contributed by atoms with E-state index < -0.39 is 0 Å². The van der Waals surface area contributed by atoms with Crippen LogP contribution >= 0.6 is 0 Å². The molecule has 0 spiro atoms. The summed E-state index contributed by atoms with van der Waals surface area (Å²) in [6.45, 7) is 29.6. The molecule has 0 unspecified atom stereocenters. The number of nitrogens with zero attached hydrogens (tertiary/aromatic N) is 1. The van der Waals surface area contributed by atoms with E-state index in [-0.39, 0.29) is 17.3 Å². The lowest BCUT2D eigenvalue weighted by Crippen LogP contribution is -2.28. The van der Waals surface area contributed by atoms with Crippen LogP contribution in [0.1, 0.15) is 148 Å². The van der Waals surface area contributed by atoms with E-state index in [1.807, 2.05) is 0 Å².